The van der Waals surface area contributed by atoms with E-state index in [9.17, 15) is 24.0 Å². The zero-order valence-electron chi connectivity index (χ0n) is 27.1. The fraction of sp³-hybridized carbons (Fsp3) is 0.500. The molecule has 252 valence electrons. The zero-order valence-corrected chi connectivity index (χ0v) is 27.1. The third-order valence-corrected chi connectivity index (χ3v) is 6.80. The average Bonchev–Trinajstić information content (AvgIpc) is 3.00. The van der Waals surface area contributed by atoms with Gasteiger partial charge < -0.3 is 36.4 Å². The van der Waals surface area contributed by atoms with Gasteiger partial charge >= 0.3 is 12.2 Å². The average molecular weight is 640 g/mol. The molecule has 6 N–H and O–H groups in total. The molecule has 2 atom stereocenters. The maximum absolute atomic E-state index is 13.6. The van der Waals surface area contributed by atoms with Crippen molar-refractivity contribution < 1.29 is 33.8 Å². The highest BCUT2D eigenvalue weighted by molar-refractivity contribution is 5.92. The first-order valence-electron chi connectivity index (χ1n) is 15.8. The Bertz CT molecular complexity index is 1240. The van der Waals surface area contributed by atoms with Crippen LogP contribution in [-0.4, -0.2) is 72.3 Å². The number of rotatable bonds is 19. The Balaban J connectivity index is 1.92. The van der Waals surface area contributed by atoms with Crippen molar-refractivity contribution in [1.29, 1.82) is 0 Å². The van der Waals surface area contributed by atoms with Gasteiger partial charge in [-0.05, 0) is 44.7 Å². The van der Waals surface area contributed by atoms with Gasteiger partial charge in [0.05, 0.1) is 0 Å². The lowest BCUT2D eigenvalue weighted by molar-refractivity contribution is -0.132. The van der Waals surface area contributed by atoms with E-state index < -0.39 is 41.7 Å². The van der Waals surface area contributed by atoms with Gasteiger partial charge in [-0.25, -0.2) is 9.59 Å². The summed E-state index contributed by atoms with van der Waals surface area (Å²) in [6, 6.07) is 16.7. The van der Waals surface area contributed by atoms with Crippen LogP contribution in [0.3, 0.4) is 0 Å². The number of ether oxygens (including phenoxy) is 1. The molecular formula is C34H49N5O7. The number of nitrogens with one attached hydrogen (secondary N) is 5. The fourth-order valence-electron chi connectivity index (χ4n) is 4.58. The Morgan fingerprint density at radius 3 is 1.74 bits per heavy atom. The number of hydrogen-bond donors (Lipinski definition) is 6. The van der Waals surface area contributed by atoms with E-state index in [1.54, 1.807) is 0 Å². The Morgan fingerprint density at radius 2 is 1.17 bits per heavy atom. The van der Waals surface area contributed by atoms with Gasteiger partial charge in [0, 0.05) is 38.9 Å². The molecule has 0 heterocycles. The molecule has 0 unspecified atom stereocenters. The quantitative estimate of drug-likeness (QED) is 0.127. The summed E-state index contributed by atoms with van der Waals surface area (Å²) in [5, 5.41) is 22.1. The van der Waals surface area contributed by atoms with Gasteiger partial charge in [0.2, 0.25) is 17.7 Å². The van der Waals surface area contributed by atoms with Crippen molar-refractivity contribution in [2.75, 3.05) is 19.6 Å². The van der Waals surface area contributed by atoms with Crippen LogP contribution in [0.2, 0.25) is 0 Å². The second-order valence-corrected chi connectivity index (χ2v) is 12.0. The summed E-state index contributed by atoms with van der Waals surface area (Å²) in [7, 11) is 0. The van der Waals surface area contributed by atoms with Crippen LogP contribution in [0.25, 0.3) is 0 Å². The second kappa shape index (κ2) is 20.4. The van der Waals surface area contributed by atoms with Crippen molar-refractivity contribution in [3.8, 4) is 0 Å². The topological polar surface area (TPSA) is 175 Å². The molecule has 2 aromatic carbocycles. The number of alkyl carbamates (subject to hydrolysis) is 1. The lowest BCUT2D eigenvalue weighted by Crippen LogP contribution is -2.55. The molecule has 0 aromatic heterocycles. The normalized spacial score (nSPS) is 12.2. The number of benzene rings is 2. The van der Waals surface area contributed by atoms with Crippen molar-refractivity contribution in [3.63, 3.8) is 0 Å². The summed E-state index contributed by atoms with van der Waals surface area (Å²) in [4.78, 5) is 62.0. The van der Waals surface area contributed by atoms with Crippen molar-refractivity contribution in [2.45, 2.75) is 89.8 Å². The molecule has 46 heavy (non-hydrogen) atoms. The molecule has 0 bridgehead atoms. The maximum atomic E-state index is 13.6. The second-order valence-electron chi connectivity index (χ2n) is 12.0. The van der Waals surface area contributed by atoms with Crippen molar-refractivity contribution in [3.05, 3.63) is 71.8 Å². The molecule has 0 aliphatic heterocycles. The van der Waals surface area contributed by atoms with Crippen LogP contribution in [-0.2, 0) is 32.0 Å². The highest BCUT2D eigenvalue weighted by atomic mass is 16.6. The first-order chi connectivity index (χ1) is 21.9. The summed E-state index contributed by atoms with van der Waals surface area (Å²) in [6.07, 6.45) is 3.14. The van der Waals surface area contributed by atoms with Crippen LogP contribution in [0, 0.1) is 0 Å². The summed E-state index contributed by atoms with van der Waals surface area (Å²) in [5.74, 6) is -1.21. The van der Waals surface area contributed by atoms with E-state index in [4.69, 9.17) is 9.84 Å². The SMILES string of the molecule is CC(C)(C)OC(=O)NCCCCCCCC(=O)N[C@@H](Cc1ccccc1)C(=O)N[C@@H](Cc1ccccc1)C(=O)NCCNC(=O)O. The zero-order chi connectivity index (χ0) is 33.8. The maximum Gasteiger partial charge on any atom is 0.407 e. The van der Waals surface area contributed by atoms with E-state index in [1.165, 1.54) is 0 Å². The van der Waals surface area contributed by atoms with E-state index >= 15 is 0 Å². The summed E-state index contributed by atoms with van der Waals surface area (Å²) >= 11 is 0. The minimum atomic E-state index is -1.20. The minimum Gasteiger partial charge on any atom is -0.465 e. The van der Waals surface area contributed by atoms with Gasteiger partial charge in [-0.15, -0.1) is 0 Å². The van der Waals surface area contributed by atoms with E-state index in [2.05, 4.69) is 26.6 Å². The molecule has 0 saturated heterocycles. The van der Waals surface area contributed by atoms with Crippen molar-refractivity contribution >= 4 is 29.9 Å². The number of unbranched alkanes of at least 4 members (excludes halogenated alkanes) is 4. The standard InChI is InChI=1S/C34H49N5O7/c1-34(2,3)46-33(45)37-20-14-6-4-5-13-19-29(40)38-28(24-26-17-11-8-12-18-26)31(42)39-27(23-25-15-9-7-10-16-25)30(41)35-21-22-36-32(43)44/h7-12,15-18,27-28,36H,4-6,13-14,19-24H2,1-3H3,(H,35,41)(H,37,45)(H,38,40)(H,39,42)(H,43,44)/t27-,28-/m0/s1. The fourth-order valence-corrected chi connectivity index (χ4v) is 4.58. The van der Waals surface area contributed by atoms with E-state index in [0.717, 1.165) is 36.8 Å². The van der Waals surface area contributed by atoms with Crippen LogP contribution in [0.15, 0.2) is 60.7 Å². The first-order valence-corrected chi connectivity index (χ1v) is 15.8. The Morgan fingerprint density at radius 1 is 0.652 bits per heavy atom. The Kier molecular flexibility index (Phi) is 16.7. The molecule has 5 amide bonds. The number of amides is 5. The van der Waals surface area contributed by atoms with E-state index in [0.29, 0.717) is 13.0 Å². The lowest BCUT2D eigenvalue weighted by Gasteiger charge is -2.23. The summed E-state index contributed by atoms with van der Waals surface area (Å²) in [6.45, 7) is 6.03. The monoisotopic (exact) mass is 639 g/mol. The summed E-state index contributed by atoms with van der Waals surface area (Å²) in [5.41, 5.74) is 1.15. The van der Waals surface area contributed by atoms with Crippen molar-refractivity contribution in [1.82, 2.24) is 26.6 Å². The molecule has 0 aliphatic carbocycles. The molecule has 0 spiro atoms. The van der Waals surface area contributed by atoms with Crippen LogP contribution in [0.1, 0.15) is 70.4 Å². The molecular weight excluding hydrogens is 590 g/mol. The molecule has 0 fully saturated rings. The lowest BCUT2D eigenvalue weighted by atomic mass is 10.0. The first kappa shape index (κ1) is 37.6. The molecule has 0 saturated carbocycles. The highest BCUT2D eigenvalue weighted by Gasteiger charge is 2.27. The molecule has 12 nitrogen and oxygen atoms in total. The van der Waals surface area contributed by atoms with Crippen LogP contribution >= 0.6 is 0 Å². The smallest absolute Gasteiger partial charge is 0.407 e. The van der Waals surface area contributed by atoms with Crippen LogP contribution < -0.4 is 26.6 Å². The highest BCUT2D eigenvalue weighted by Crippen LogP contribution is 2.10. The Labute approximate surface area is 271 Å². The Hall–Kier alpha value is -4.61. The third kappa shape index (κ3) is 17.0. The van der Waals surface area contributed by atoms with Crippen LogP contribution in [0.5, 0.6) is 0 Å². The van der Waals surface area contributed by atoms with Gasteiger partial charge in [-0.3, -0.25) is 14.4 Å². The predicted octanol–water partition coefficient (Wildman–Crippen LogP) is 3.69. The molecule has 0 aliphatic rings. The van der Waals surface area contributed by atoms with Gasteiger partial charge in [0.15, 0.2) is 0 Å². The number of carbonyl (C=O) groups excluding carboxylic acids is 4. The van der Waals surface area contributed by atoms with Gasteiger partial charge in [0.1, 0.15) is 17.7 Å². The minimum absolute atomic E-state index is 0.0166. The largest absolute Gasteiger partial charge is 0.465 e. The summed E-state index contributed by atoms with van der Waals surface area (Å²) < 4.78 is 5.22. The number of hydrogen-bond acceptors (Lipinski definition) is 6. The predicted molar refractivity (Wildman–Crippen MR) is 175 cm³/mol. The number of carboxylic acid groups (broad SMARTS) is 1. The van der Waals surface area contributed by atoms with Gasteiger partial charge in [-0.1, -0.05) is 79.9 Å². The third-order valence-electron chi connectivity index (χ3n) is 6.80. The number of carbonyl (C=O) groups is 5. The molecule has 2 rings (SSSR count). The molecule has 0 radical (unpaired) electrons. The van der Waals surface area contributed by atoms with Gasteiger partial charge in [-0.2, -0.15) is 0 Å². The van der Waals surface area contributed by atoms with Crippen LogP contribution in [0.4, 0.5) is 9.59 Å². The molecule has 2 aromatic rings. The van der Waals surface area contributed by atoms with Gasteiger partial charge in [0.25, 0.3) is 0 Å². The molecule has 12 heteroatoms. The van der Waals surface area contributed by atoms with E-state index in [1.807, 2.05) is 81.4 Å². The van der Waals surface area contributed by atoms with E-state index in [-0.39, 0.29) is 38.3 Å². The van der Waals surface area contributed by atoms with Crippen molar-refractivity contribution in [2.24, 2.45) is 0 Å².